The van der Waals surface area contributed by atoms with E-state index in [0.29, 0.717) is 23.5 Å². The average molecular weight is 453 g/mol. The number of nitrogens with zero attached hydrogens (tertiary/aromatic N) is 1. The summed E-state index contributed by atoms with van der Waals surface area (Å²) < 4.78 is 43.3. The quantitative estimate of drug-likeness (QED) is 0.448. The van der Waals surface area contributed by atoms with E-state index in [0.717, 1.165) is 24.3 Å². The monoisotopic (exact) mass is 453 g/mol. The Hall–Kier alpha value is -3.01. The third kappa shape index (κ3) is 7.32. The van der Waals surface area contributed by atoms with Crippen LogP contribution >= 0.6 is 11.8 Å². The first-order valence-electron chi connectivity index (χ1n) is 9.19. The van der Waals surface area contributed by atoms with Gasteiger partial charge in [0.15, 0.2) is 0 Å². The van der Waals surface area contributed by atoms with Gasteiger partial charge in [-0.2, -0.15) is 30.0 Å². The zero-order valence-electron chi connectivity index (χ0n) is 16.9. The first kappa shape index (κ1) is 24.3. The molecule has 2 aromatic carbocycles. The molecule has 0 aliphatic heterocycles. The predicted molar refractivity (Wildman–Crippen MR) is 114 cm³/mol. The van der Waals surface area contributed by atoms with Crippen molar-refractivity contribution in [2.45, 2.75) is 18.6 Å². The van der Waals surface area contributed by atoms with Crippen LogP contribution in [0.2, 0.25) is 0 Å². The van der Waals surface area contributed by atoms with Crippen LogP contribution in [-0.2, 0) is 11.0 Å². The molecule has 2 aromatic rings. The van der Waals surface area contributed by atoms with Crippen molar-refractivity contribution in [3.05, 3.63) is 65.2 Å². The number of halogens is 3. The molecule has 2 amide bonds. The molecule has 0 aromatic heterocycles. The van der Waals surface area contributed by atoms with E-state index in [9.17, 15) is 22.8 Å². The summed E-state index contributed by atoms with van der Waals surface area (Å²) in [6, 6.07) is 9.97. The fourth-order valence-corrected chi connectivity index (χ4v) is 3.04. The average Bonchev–Trinajstić information content (AvgIpc) is 2.76. The van der Waals surface area contributed by atoms with Gasteiger partial charge in [0, 0.05) is 11.1 Å². The van der Waals surface area contributed by atoms with E-state index >= 15 is 0 Å². The van der Waals surface area contributed by atoms with Gasteiger partial charge in [0.05, 0.1) is 18.9 Å². The van der Waals surface area contributed by atoms with Crippen LogP contribution in [-0.4, -0.2) is 43.2 Å². The molecule has 0 aliphatic rings. The number of alkyl halides is 3. The maximum atomic E-state index is 12.7. The van der Waals surface area contributed by atoms with E-state index in [2.05, 4.69) is 15.8 Å². The van der Waals surface area contributed by atoms with Crippen LogP contribution in [0.1, 0.15) is 27.9 Å². The molecule has 0 bridgehead atoms. The van der Waals surface area contributed by atoms with Gasteiger partial charge in [-0.15, -0.1) is 0 Å². The lowest BCUT2D eigenvalue weighted by Gasteiger charge is -2.17. The third-order valence-electron chi connectivity index (χ3n) is 4.22. The van der Waals surface area contributed by atoms with Crippen LogP contribution in [0.25, 0.3) is 0 Å². The molecule has 10 heteroatoms. The molecule has 2 rings (SSSR count). The van der Waals surface area contributed by atoms with Crippen molar-refractivity contribution in [1.82, 2.24) is 10.7 Å². The van der Waals surface area contributed by atoms with Gasteiger partial charge < -0.3 is 10.1 Å². The summed E-state index contributed by atoms with van der Waals surface area (Å²) in [5.41, 5.74) is 2.20. The van der Waals surface area contributed by atoms with E-state index < -0.39 is 29.6 Å². The molecule has 0 fully saturated rings. The molecule has 6 nitrogen and oxygen atoms in total. The molecule has 1 unspecified atom stereocenters. The number of para-hydroxylation sites is 1. The van der Waals surface area contributed by atoms with Crippen LogP contribution in [0.3, 0.4) is 0 Å². The third-order valence-corrected chi connectivity index (χ3v) is 4.87. The highest BCUT2D eigenvalue weighted by atomic mass is 32.2. The zero-order valence-corrected chi connectivity index (χ0v) is 17.7. The minimum Gasteiger partial charge on any atom is -0.496 e. The number of ether oxygens (including phenoxy) is 1. The summed E-state index contributed by atoms with van der Waals surface area (Å²) in [6.07, 6.45) is -0.898. The number of methoxy groups -OCH3 is 1. The molecule has 166 valence electrons. The van der Waals surface area contributed by atoms with Crippen LogP contribution in [0.4, 0.5) is 13.2 Å². The van der Waals surface area contributed by atoms with E-state index in [1.54, 1.807) is 24.3 Å². The van der Waals surface area contributed by atoms with Crippen molar-refractivity contribution in [3.63, 3.8) is 0 Å². The Morgan fingerprint density at radius 2 is 1.84 bits per heavy atom. The van der Waals surface area contributed by atoms with E-state index in [1.807, 2.05) is 6.26 Å². The Kier molecular flexibility index (Phi) is 8.92. The van der Waals surface area contributed by atoms with Crippen molar-refractivity contribution in [3.8, 4) is 5.75 Å². The highest BCUT2D eigenvalue weighted by molar-refractivity contribution is 7.98. The van der Waals surface area contributed by atoms with Gasteiger partial charge in [-0.25, -0.2) is 5.43 Å². The topological polar surface area (TPSA) is 79.8 Å². The lowest BCUT2D eigenvalue weighted by Crippen LogP contribution is -2.45. The minimum absolute atomic E-state index is 0.0208. The highest BCUT2D eigenvalue weighted by Gasteiger charge is 2.30. The molecule has 0 aliphatic carbocycles. The van der Waals surface area contributed by atoms with Gasteiger partial charge in [-0.3, -0.25) is 9.59 Å². The van der Waals surface area contributed by atoms with Crippen molar-refractivity contribution >= 4 is 29.8 Å². The lowest BCUT2D eigenvalue weighted by atomic mass is 10.1. The number of amides is 2. The predicted octanol–water partition coefficient (Wildman–Crippen LogP) is 3.72. The molecule has 0 radical (unpaired) electrons. The van der Waals surface area contributed by atoms with Gasteiger partial charge in [-0.1, -0.05) is 12.1 Å². The number of carbonyl (C=O) groups is 2. The second-order valence-corrected chi connectivity index (χ2v) is 7.34. The van der Waals surface area contributed by atoms with Crippen LogP contribution in [0.15, 0.2) is 53.6 Å². The Morgan fingerprint density at radius 3 is 2.45 bits per heavy atom. The largest absolute Gasteiger partial charge is 0.496 e. The Morgan fingerprint density at radius 1 is 1.16 bits per heavy atom. The summed E-state index contributed by atoms with van der Waals surface area (Å²) in [5, 5.41) is 6.46. The van der Waals surface area contributed by atoms with Gasteiger partial charge >= 0.3 is 6.18 Å². The van der Waals surface area contributed by atoms with Crippen LogP contribution in [0, 0.1) is 0 Å². The second kappa shape index (κ2) is 11.4. The number of hydrogen-bond donors (Lipinski definition) is 2. The summed E-state index contributed by atoms with van der Waals surface area (Å²) in [5.74, 6) is -0.0269. The minimum atomic E-state index is -4.49. The maximum Gasteiger partial charge on any atom is 0.416 e. The van der Waals surface area contributed by atoms with Crippen LogP contribution in [0.5, 0.6) is 5.75 Å². The number of hydrogen-bond acceptors (Lipinski definition) is 5. The number of rotatable bonds is 9. The van der Waals surface area contributed by atoms with E-state index in [-0.39, 0.29) is 5.56 Å². The van der Waals surface area contributed by atoms with Gasteiger partial charge in [0.1, 0.15) is 11.8 Å². The SMILES string of the molecule is COc1ccccc1/C=N/NC(=O)C(CCSC)NC(=O)c1ccc(C(F)(F)F)cc1. The maximum absolute atomic E-state index is 12.7. The number of carbonyl (C=O) groups excluding carboxylic acids is 2. The molecular weight excluding hydrogens is 431 g/mol. The standard InChI is InChI=1S/C21H22F3N3O3S/c1-30-18-6-4-3-5-15(18)13-25-27-20(29)17(11-12-31-2)26-19(28)14-7-9-16(10-8-14)21(22,23)24/h3-10,13,17H,11-12H2,1-2H3,(H,26,28)(H,27,29)/b25-13+. The van der Waals surface area contributed by atoms with Crippen molar-refractivity contribution in [2.75, 3.05) is 19.1 Å². The molecule has 31 heavy (non-hydrogen) atoms. The molecule has 0 spiro atoms. The van der Waals surface area contributed by atoms with Crippen molar-refractivity contribution in [1.29, 1.82) is 0 Å². The Labute approximate surface area is 182 Å². The fourth-order valence-electron chi connectivity index (χ4n) is 2.57. The summed E-state index contributed by atoms with van der Waals surface area (Å²) in [6.45, 7) is 0. The molecular formula is C21H22F3N3O3S. The Balaban J connectivity index is 2.05. The fraction of sp³-hybridized carbons (Fsp3) is 0.286. The highest BCUT2D eigenvalue weighted by Crippen LogP contribution is 2.29. The summed E-state index contributed by atoms with van der Waals surface area (Å²) in [7, 11) is 1.51. The molecule has 0 saturated heterocycles. The summed E-state index contributed by atoms with van der Waals surface area (Å²) >= 11 is 1.49. The van der Waals surface area contributed by atoms with Gasteiger partial charge in [0.2, 0.25) is 0 Å². The van der Waals surface area contributed by atoms with Gasteiger partial charge in [-0.05, 0) is 54.8 Å². The Bertz CT molecular complexity index is 918. The van der Waals surface area contributed by atoms with Crippen LogP contribution < -0.4 is 15.5 Å². The number of nitrogens with one attached hydrogen (secondary N) is 2. The lowest BCUT2D eigenvalue weighted by molar-refractivity contribution is -0.137. The van der Waals surface area contributed by atoms with E-state index in [4.69, 9.17) is 4.74 Å². The molecule has 1 atom stereocenters. The summed E-state index contributed by atoms with van der Waals surface area (Å²) in [4.78, 5) is 24.9. The zero-order chi connectivity index (χ0) is 22.9. The van der Waals surface area contributed by atoms with Crippen molar-refractivity contribution < 1.29 is 27.5 Å². The second-order valence-electron chi connectivity index (χ2n) is 6.36. The first-order chi connectivity index (χ1) is 14.8. The van der Waals surface area contributed by atoms with Gasteiger partial charge in [0.25, 0.3) is 11.8 Å². The number of hydrazone groups is 1. The molecule has 0 heterocycles. The van der Waals surface area contributed by atoms with E-state index in [1.165, 1.54) is 25.1 Å². The molecule has 2 N–H and O–H groups in total. The smallest absolute Gasteiger partial charge is 0.416 e. The normalized spacial score (nSPS) is 12.4. The van der Waals surface area contributed by atoms with Crippen molar-refractivity contribution in [2.24, 2.45) is 5.10 Å². The first-order valence-corrected chi connectivity index (χ1v) is 10.6. The molecule has 0 saturated carbocycles. The number of benzene rings is 2. The number of thioether (sulfide) groups is 1.